The van der Waals surface area contributed by atoms with E-state index in [2.05, 4.69) is 9.72 Å². The molecule has 0 aliphatic carbocycles. The molecule has 1 amide bonds. The highest BCUT2D eigenvalue weighted by molar-refractivity contribution is 6.30. The fourth-order valence-corrected chi connectivity index (χ4v) is 2.56. The molecular weight excluding hydrogens is 358 g/mol. The normalized spacial score (nSPS) is 15.4. The molecule has 0 radical (unpaired) electrons. The Hall–Kier alpha value is -2.74. The Kier molecular flexibility index (Phi) is 4.30. The van der Waals surface area contributed by atoms with Gasteiger partial charge < -0.3 is 9.47 Å². The number of anilines is 1. The highest BCUT2D eigenvalue weighted by Gasteiger charge is 2.50. The number of hydrogen-bond acceptors (Lipinski definition) is 5. The highest BCUT2D eigenvalue weighted by Crippen LogP contribution is 2.41. The molecule has 1 aromatic carbocycles. The Bertz CT molecular complexity index is 860. The van der Waals surface area contributed by atoms with Crippen LogP contribution >= 0.6 is 11.6 Å². The molecule has 1 aromatic heterocycles. The topological polar surface area (TPSA) is 68.7 Å². The third kappa shape index (κ3) is 3.12. The van der Waals surface area contributed by atoms with Gasteiger partial charge in [0, 0.05) is 17.8 Å². The van der Waals surface area contributed by atoms with Crippen LogP contribution < -0.4 is 14.4 Å². The summed E-state index contributed by atoms with van der Waals surface area (Å²) in [6, 6.07) is 5.35. The van der Waals surface area contributed by atoms with Gasteiger partial charge in [-0.15, -0.1) is 0 Å². The number of alkyl halides is 2. The summed E-state index contributed by atoms with van der Waals surface area (Å²) in [5.41, 5.74) is 0.481. The molecule has 0 bridgehead atoms. The molecule has 0 saturated carbocycles. The SMILES string of the molecule is COc1cc(Cl)cnc1CN1C(=O)C(F)(F)Oc2cc(C=O)ccc21. The number of hydrogen-bond donors (Lipinski definition) is 0. The molecule has 6 nitrogen and oxygen atoms in total. The standard InChI is InChI=1S/C16H11ClF2N2O4/c1-24-13-5-10(17)6-20-11(13)7-21-12-3-2-9(8-22)4-14(12)25-16(18,19)15(21)23/h2-6,8H,7H2,1H3. The summed E-state index contributed by atoms with van der Waals surface area (Å²) in [4.78, 5) is 27.8. The highest BCUT2D eigenvalue weighted by atomic mass is 35.5. The number of carbonyl (C=O) groups is 2. The maximum Gasteiger partial charge on any atom is 0.482 e. The third-order valence-electron chi connectivity index (χ3n) is 3.57. The van der Waals surface area contributed by atoms with Gasteiger partial charge in [-0.1, -0.05) is 11.6 Å². The molecule has 0 saturated heterocycles. The van der Waals surface area contributed by atoms with Crippen molar-refractivity contribution in [3.05, 3.63) is 46.7 Å². The molecule has 3 rings (SSSR count). The van der Waals surface area contributed by atoms with E-state index in [1.807, 2.05) is 0 Å². The van der Waals surface area contributed by atoms with Crippen molar-refractivity contribution in [2.45, 2.75) is 12.7 Å². The van der Waals surface area contributed by atoms with Gasteiger partial charge in [-0.3, -0.25) is 19.5 Å². The summed E-state index contributed by atoms with van der Waals surface area (Å²) >= 11 is 5.83. The van der Waals surface area contributed by atoms with Crippen LogP contribution in [-0.4, -0.2) is 30.4 Å². The van der Waals surface area contributed by atoms with E-state index >= 15 is 0 Å². The summed E-state index contributed by atoms with van der Waals surface area (Å²) in [6.07, 6.45) is -2.25. The number of halogens is 3. The number of aromatic nitrogens is 1. The second kappa shape index (κ2) is 6.29. The maximum atomic E-state index is 13.9. The van der Waals surface area contributed by atoms with E-state index in [0.29, 0.717) is 11.3 Å². The van der Waals surface area contributed by atoms with Crippen molar-refractivity contribution in [1.29, 1.82) is 0 Å². The molecule has 130 valence electrons. The van der Waals surface area contributed by atoms with Crippen LogP contribution in [0.5, 0.6) is 11.5 Å². The molecule has 0 fully saturated rings. The van der Waals surface area contributed by atoms with Crippen LogP contribution in [0.1, 0.15) is 16.1 Å². The van der Waals surface area contributed by atoms with E-state index < -0.39 is 12.0 Å². The van der Waals surface area contributed by atoms with Gasteiger partial charge in [0.15, 0.2) is 5.75 Å². The molecule has 2 aromatic rings. The van der Waals surface area contributed by atoms with E-state index in [1.54, 1.807) is 0 Å². The first-order valence-corrected chi connectivity index (χ1v) is 7.40. The molecule has 0 atom stereocenters. The second-order valence-electron chi connectivity index (χ2n) is 5.16. The van der Waals surface area contributed by atoms with Crippen molar-refractivity contribution in [2.24, 2.45) is 0 Å². The van der Waals surface area contributed by atoms with Crippen molar-refractivity contribution in [2.75, 3.05) is 12.0 Å². The lowest BCUT2D eigenvalue weighted by molar-refractivity contribution is -0.193. The lowest BCUT2D eigenvalue weighted by Gasteiger charge is -2.33. The fraction of sp³-hybridized carbons (Fsp3) is 0.188. The lowest BCUT2D eigenvalue weighted by Crippen LogP contribution is -2.50. The van der Waals surface area contributed by atoms with Gasteiger partial charge in [0.2, 0.25) is 0 Å². The van der Waals surface area contributed by atoms with Gasteiger partial charge in [-0.25, -0.2) is 0 Å². The summed E-state index contributed by atoms with van der Waals surface area (Å²) in [5.74, 6) is -1.57. The fourth-order valence-electron chi connectivity index (χ4n) is 2.41. The number of aldehydes is 1. The Balaban J connectivity index is 2.06. The van der Waals surface area contributed by atoms with Crippen molar-refractivity contribution in [1.82, 2.24) is 4.98 Å². The Morgan fingerprint density at radius 3 is 2.84 bits per heavy atom. The second-order valence-corrected chi connectivity index (χ2v) is 5.59. The summed E-state index contributed by atoms with van der Waals surface area (Å²) in [7, 11) is 1.37. The van der Waals surface area contributed by atoms with Crippen LogP contribution in [-0.2, 0) is 11.3 Å². The van der Waals surface area contributed by atoms with E-state index in [1.165, 1.54) is 31.5 Å². The van der Waals surface area contributed by atoms with Gasteiger partial charge >= 0.3 is 12.0 Å². The van der Waals surface area contributed by atoms with Crippen molar-refractivity contribution in [3.63, 3.8) is 0 Å². The van der Waals surface area contributed by atoms with Gasteiger partial charge in [0.05, 0.1) is 24.4 Å². The zero-order chi connectivity index (χ0) is 18.2. The van der Waals surface area contributed by atoms with Crippen LogP contribution in [0.2, 0.25) is 5.02 Å². The average Bonchev–Trinajstić information content (AvgIpc) is 2.59. The molecule has 2 heterocycles. The molecule has 1 aliphatic rings. The number of benzene rings is 1. The number of pyridine rings is 1. The molecule has 25 heavy (non-hydrogen) atoms. The summed E-state index contributed by atoms with van der Waals surface area (Å²) in [5, 5.41) is 0.301. The molecule has 1 aliphatic heterocycles. The van der Waals surface area contributed by atoms with Crippen molar-refractivity contribution >= 4 is 29.5 Å². The van der Waals surface area contributed by atoms with E-state index in [9.17, 15) is 18.4 Å². The lowest BCUT2D eigenvalue weighted by atomic mass is 10.1. The number of carbonyl (C=O) groups excluding carboxylic acids is 2. The van der Waals surface area contributed by atoms with Crippen molar-refractivity contribution in [3.8, 4) is 11.5 Å². The number of methoxy groups -OCH3 is 1. The van der Waals surface area contributed by atoms with Crippen LogP contribution in [0.4, 0.5) is 14.5 Å². The van der Waals surface area contributed by atoms with Crippen LogP contribution in [0, 0.1) is 0 Å². The molecule has 0 spiro atoms. The molecular formula is C16H11ClF2N2O4. The van der Waals surface area contributed by atoms with Gasteiger partial charge in [0.1, 0.15) is 17.7 Å². The largest absolute Gasteiger partial charge is 0.495 e. The van der Waals surface area contributed by atoms with Crippen LogP contribution in [0.25, 0.3) is 0 Å². The quantitative estimate of drug-likeness (QED) is 0.776. The minimum Gasteiger partial charge on any atom is -0.495 e. The minimum atomic E-state index is -4.06. The number of nitrogens with zero attached hydrogens (tertiary/aromatic N) is 2. The number of fused-ring (bicyclic) bond motifs is 1. The maximum absolute atomic E-state index is 13.9. The molecule has 0 N–H and O–H groups in total. The van der Waals surface area contributed by atoms with Crippen molar-refractivity contribution < 1.29 is 27.8 Å². The Morgan fingerprint density at radius 1 is 1.40 bits per heavy atom. The average molecular weight is 369 g/mol. The van der Waals surface area contributed by atoms with Crippen LogP contribution in [0.15, 0.2) is 30.5 Å². The van der Waals surface area contributed by atoms with Gasteiger partial charge in [-0.2, -0.15) is 8.78 Å². The minimum absolute atomic E-state index is 0.0975. The van der Waals surface area contributed by atoms with Gasteiger partial charge in [0.25, 0.3) is 0 Å². The number of rotatable bonds is 4. The zero-order valence-electron chi connectivity index (χ0n) is 12.8. The van der Waals surface area contributed by atoms with E-state index in [-0.39, 0.29) is 35.0 Å². The summed E-state index contributed by atoms with van der Waals surface area (Å²) in [6.45, 7) is -0.286. The van der Waals surface area contributed by atoms with E-state index in [4.69, 9.17) is 16.3 Å². The molecule has 0 unspecified atom stereocenters. The van der Waals surface area contributed by atoms with E-state index in [0.717, 1.165) is 11.0 Å². The first-order valence-electron chi connectivity index (χ1n) is 7.02. The Labute approximate surface area is 145 Å². The monoisotopic (exact) mass is 368 g/mol. The Morgan fingerprint density at radius 2 is 2.16 bits per heavy atom. The van der Waals surface area contributed by atoms with Crippen LogP contribution in [0.3, 0.4) is 0 Å². The first-order chi connectivity index (χ1) is 11.9. The molecule has 9 heteroatoms. The first kappa shape index (κ1) is 17.1. The smallest absolute Gasteiger partial charge is 0.482 e. The predicted molar refractivity (Wildman–Crippen MR) is 84.4 cm³/mol. The predicted octanol–water partition coefficient (Wildman–Crippen LogP) is 3.07. The van der Waals surface area contributed by atoms with Gasteiger partial charge in [-0.05, 0) is 18.2 Å². The number of amides is 1. The zero-order valence-corrected chi connectivity index (χ0v) is 13.6. The third-order valence-corrected chi connectivity index (χ3v) is 3.77. The summed E-state index contributed by atoms with van der Waals surface area (Å²) < 4.78 is 37.5. The number of ether oxygens (including phenoxy) is 2.